The van der Waals surface area contributed by atoms with Gasteiger partial charge in [0, 0.05) is 10.6 Å². The monoisotopic (exact) mass is 413 g/mol. The van der Waals surface area contributed by atoms with E-state index in [1.807, 2.05) is 18.2 Å². The van der Waals surface area contributed by atoms with Gasteiger partial charge < -0.3 is 10.1 Å². The number of benzene rings is 3. The summed E-state index contributed by atoms with van der Waals surface area (Å²) in [7, 11) is 0. The van der Waals surface area contributed by atoms with Crippen LogP contribution in [0.1, 0.15) is 33.2 Å². The standard InChI is InChI=1S/C22H17Cl2NO3/c1-14(26)16-9-6-12-20(25-22(27)17-8-3-5-11-19(17)24)21(16)28-13-15-7-2-4-10-18(15)23/h2-12H,13H2,1H3,(H,25,27). The Kier molecular flexibility index (Phi) is 6.34. The van der Waals surface area contributed by atoms with Gasteiger partial charge in [-0.1, -0.05) is 59.6 Å². The summed E-state index contributed by atoms with van der Waals surface area (Å²) >= 11 is 12.3. The lowest BCUT2D eigenvalue weighted by Gasteiger charge is -2.16. The summed E-state index contributed by atoms with van der Waals surface area (Å²) in [6.07, 6.45) is 0. The summed E-state index contributed by atoms with van der Waals surface area (Å²) in [6, 6.07) is 19.0. The van der Waals surface area contributed by atoms with Crippen molar-refractivity contribution in [3.05, 3.63) is 93.5 Å². The molecule has 1 N–H and O–H groups in total. The number of amides is 1. The Hall–Kier alpha value is -2.82. The zero-order valence-electron chi connectivity index (χ0n) is 15.0. The molecule has 0 heterocycles. The van der Waals surface area contributed by atoms with Gasteiger partial charge in [-0.3, -0.25) is 9.59 Å². The van der Waals surface area contributed by atoms with Crippen LogP contribution in [0.4, 0.5) is 5.69 Å². The Morgan fingerprint density at radius 3 is 2.18 bits per heavy atom. The van der Waals surface area contributed by atoms with Crippen molar-refractivity contribution in [2.45, 2.75) is 13.5 Å². The fraction of sp³-hybridized carbons (Fsp3) is 0.0909. The summed E-state index contributed by atoms with van der Waals surface area (Å²) in [4.78, 5) is 24.7. The van der Waals surface area contributed by atoms with Crippen LogP contribution in [0, 0.1) is 0 Å². The van der Waals surface area contributed by atoms with Crippen molar-refractivity contribution in [3.8, 4) is 5.75 Å². The maximum Gasteiger partial charge on any atom is 0.257 e. The van der Waals surface area contributed by atoms with Crippen LogP contribution < -0.4 is 10.1 Å². The quantitative estimate of drug-likeness (QED) is 0.502. The Morgan fingerprint density at radius 1 is 0.857 bits per heavy atom. The molecule has 0 bridgehead atoms. The number of Topliss-reactive ketones (excluding diaryl/α,β-unsaturated/α-hetero) is 1. The number of anilines is 1. The molecular formula is C22H17Cl2NO3. The van der Waals surface area contributed by atoms with Gasteiger partial charge in [0.25, 0.3) is 5.91 Å². The average molecular weight is 414 g/mol. The van der Waals surface area contributed by atoms with E-state index >= 15 is 0 Å². The second-order valence-corrected chi connectivity index (χ2v) is 6.87. The smallest absolute Gasteiger partial charge is 0.257 e. The summed E-state index contributed by atoms with van der Waals surface area (Å²) in [5.41, 5.74) is 1.84. The third kappa shape index (κ3) is 4.53. The number of hydrogen-bond donors (Lipinski definition) is 1. The van der Waals surface area contributed by atoms with E-state index in [0.717, 1.165) is 5.56 Å². The summed E-state index contributed by atoms with van der Waals surface area (Å²) < 4.78 is 5.91. The van der Waals surface area contributed by atoms with Gasteiger partial charge in [0.1, 0.15) is 6.61 Å². The number of carbonyl (C=O) groups is 2. The van der Waals surface area contributed by atoms with Crippen molar-refractivity contribution >= 4 is 40.6 Å². The molecule has 0 saturated carbocycles. The molecule has 0 aliphatic carbocycles. The van der Waals surface area contributed by atoms with Crippen LogP contribution >= 0.6 is 23.2 Å². The third-order valence-electron chi connectivity index (χ3n) is 4.09. The maximum absolute atomic E-state index is 12.6. The first-order chi connectivity index (χ1) is 13.5. The predicted molar refractivity (Wildman–Crippen MR) is 112 cm³/mol. The van der Waals surface area contributed by atoms with E-state index in [0.29, 0.717) is 26.9 Å². The van der Waals surface area contributed by atoms with Crippen LogP contribution in [0.25, 0.3) is 0 Å². The molecule has 0 aliphatic rings. The lowest BCUT2D eigenvalue weighted by Crippen LogP contribution is -2.14. The second kappa shape index (κ2) is 8.91. The van der Waals surface area contributed by atoms with Crippen molar-refractivity contribution in [3.63, 3.8) is 0 Å². The third-order valence-corrected chi connectivity index (χ3v) is 4.79. The first-order valence-electron chi connectivity index (χ1n) is 8.53. The van der Waals surface area contributed by atoms with Crippen LogP contribution in [0.5, 0.6) is 5.75 Å². The van der Waals surface area contributed by atoms with E-state index in [2.05, 4.69) is 5.32 Å². The molecule has 0 spiro atoms. The van der Waals surface area contributed by atoms with E-state index in [1.165, 1.54) is 6.92 Å². The van der Waals surface area contributed by atoms with E-state index in [4.69, 9.17) is 27.9 Å². The Morgan fingerprint density at radius 2 is 1.50 bits per heavy atom. The van der Waals surface area contributed by atoms with E-state index in [-0.39, 0.29) is 18.1 Å². The normalized spacial score (nSPS) is 10.4. The minimum absolute atomic E-state index is 0.152. The molecule has 0 unspecified atom stereocenters. The van der Waals surface area contributed by atoms with Gasteiger partial charge in [-0.25, -0.2) is 0 Å². The van der Waals surface area contributed by atoms with Gasteiger partial charge in [-0.15, -0.1) is 0 Å². The average Bonchev–Trinajstić information content (AvgIpc) is 2.68. The predicted octanol–water partition coefficient (Wildman–Crippen LogP) is 6.03. The molecular weight excluding hydrogens is 397 g/mol. The number of nitrogens with one attached hydrogen (secondary N) is 1. The van der Waals surface area contributed by atoms with Gasteiger partial charge in [0.05, 0.1) is 21.8 Å². The molecule has 0 aliphatic heterocycles. The van der Waals surface area contributed by atoms with E-state index in [9.17, 15) is 9.59 Å². The van der Waals surface area contributed by atoms with Crippen LogP contribution in [-0.2, 0) is 6.61 Å². The SMILES string of the molecule is CC(=O)c1cccc(NC(=O)c2ccccc2Cl)c1OCc1ccccc1Cl. The molecule has 4 nitrogen and oxygen atoms in total. The number of rotatable bonds is 6. The highest BCUT2D eigenvalue weighted by Crippen LogP contribution is 2.32. The van der Waals surface area contributed by atoms with Crippen LogP contribution in [0.15, 0.2) is 66.7 Å². The van der Waals surface area contributed by atoms with Gasteiger partial charge >= 0.3 is 0 Å². The van der Waals surface area contributed by atoms with Gasteiger partial charge in [0.2, 0.25) is 0 Å². The molecule has 0 radical (unpaired) electrons. The van der Waals surface area contributed by atoms with Crippen molar-refractivity contribution < 1.29 is 14.3 Å². The van der Waals surface area contributed by atoms with Crippen LogP contribution in [0.2, 0.25) is 10.0 Å². The number of carbonyl (C=O) groups excluding carboxylic acids is 2. The lowest BCUT2D eigenvalue weighted by atomic mass is 10.1. The number of ketones is 1. The molecule has 3 aromatic carbocycles. The van der Waals surface area contributed by atoms with Gasteiger partial charge in [-0.2, -0.15) is 0 Å². The number of hydrogen-bond acceptors (Lipinski definition) is 3. The molecule has 3 aromatic rings. The molecule has 3 rings (SSSR count). The van der Waals surface area contributed by atoms with E-state index < -0.39 is 5.91 Å². The minimum Gasteiger partial charge on any atom is -0.486 e. The maximum atomic E-state index is 12.6. The number of halogens is 2. The van der Waals surface area contributed by atoms with Crippen LogP contribution in [0.3, 0.4) is 0 Å². The number of ether oxygens (including phenoxy) is 1. The molecule has 0 atom stereocenters. The second-order valence-electron chi connectivity index (χ2n) is 6.05. The molecule has 0 aromatic heterocycles. The fourth-order valence-electron chi connectivity index (χ4n) is 2.67. The lowest BCUT2D eigenvalue weighted by molar-refractivity contribution is 0.100. The highest BCUT2D eigenvalue weighted by Gasteiger charge is 2.18. The van der Waals surface area contributed by atoms with Crippen molar-refractivity contribution in [2.24, 2.45) is 0 Å². The number of para-hydroxylation sites is 1. The van der Waals surface area contributed by atoms with E-state index in [1.54, 1.807) is 48.5 Å². The summed E-state index contributed by atoms with van der Waals surface area (Å²) in [5.74, 6) is -0.285. The van der Waals surface area contributed by atoms with Crippen molar-refractivity contribution in [1.29, 1.82) is 0 Å². The zero-order valence-corrected chi connectivity index (χ0v) is 16.6. The largest absolute Gasteiger partial charge is 0.486 e. The molecule has 0 saturated heterocycles. The van der Waals surface area contributed by atoms with Gasteiger partial charge in [0.15, 0.2) is 11.5 Å². The Bertz CT molecular complexity index is 1030. The Balaban J connectivity index is 1.92. The highest BCUT2D eigenvalue weighted by atomic mass is 35.5. The summed E-state index contributed by atoms with van der Waals surface area (Å²) in [5, 5.41) is 3.67. The fourth-order valence-corrected chi connectivity index (χ4v) is 3.08. The molecule has 1 amide bonds. The topological polar surface area (TPSA) is 55.4 Å². The first kappa shape index (κ1) is 19.9. The van der Waals surface area contributed by atoms with Crippen molar-refractivity contribution in [2.75, 3.05) is 5.32 Å². The summed E-state index contributed by atoms with van der Waals surface area (Å²) in [6.45, 7) is 1.59. The molecule has 28 heavy (non-hydrogen) atoms. The first-order valence-corrected chi connectivity index (χ1v) is 9.29. The van der Waals surface area contributed by atoms with Crippen molar-refractivity contribution in [1.82, 2.24) is 0 Å². The Labute approximate surface area is 173 Å². The minimum atomic E-state index is -0.395. The molecule has 0 fully saturated rings. The van der Waals surface area contributed by atoms with Gasteiger partial charge in [-0.05, 0) is 37.3 Å². The molecule has 142 valence electrons. The van der Waals surface area contributed by atoms with Crippen LogP contribution in [-0.4, -0.2) is 11.7 Å². The highest BCUT2D eigenvalue weighted by molar-refractivity contribution is 6.34. The molecule has 6 heteroatoms. The zero-order chi connectivity index (χ0) is 20.1.